The van der Waals surface area contributed by atoms with Gasteiger partial charge in [-0.05, 0) is 33.7 Å². The van der Waals surface area contributed by atoms with Gasteiger partial charge in [-0.2, -0.15) is 0 Å². The Kier molecular flexibility index (Phi) is 2.80. The number of carboxylic acid groups (broad SMARTS) is 1. The summed E-state index contributed by atoms with van der Waals surface area (Å²) < 4.78 is 14.7. The third-order valence-electron chi connectivity index (χ3n) is 1.02. The minimum absolute atomic E-state index is 0.0583. The van der Waals surface area contributed by atoms with Crippen molar-refractivity contribution in [1.29, 1.82) is 0 Å². The van der Waals surface area contributed by atoms with Crippen LogP contribution in [0.5, 0.6) is 0 Å². The van der Waals surface area contributed by atoms with E-state index < -0.39 is 18.8 Å². The molecule has 0 aromatic heterocycles. The lowest BCUT2D eigenvalue weighted by Gasteiger charge is -2.19. The fraction of sp³-hybridized carbons (Fsp3) is 0.875. The Labute approximate surface area is 70.6 Å². The third-order valence-corrected chi connectivity index (χ3v) is 1.02. The molecule has 0 aliphatic rings. The van der Waals surface area contributed by atoms with Crippen LogP contribution in [0.3, 0.4) is 0 Å². The fourth-order valence-electron chi connectivity index (χ4n) is 0.497. The minimum Gasteiger partial charge on any atom is -0.481 e. The van der Waals surface area contributed by atoms with Gasteiger partial charge in [-0.1, -0.05) is 0 Å². The number of carboxylic acids is 1. The molecule has 3 heteroatoms. The first kappa shape index (κ1) is 7.10. The highest BCUT2D eigenvalue weighted by Crippen LogP contribution is 1.98. The van der Waals surface area contributed by atoms with Crippen molar-refractivity contribution >= 4 is 5.97 Å². The molecule has 0 atom stereocenters. The van der Waals surface area contributed by atoms with Crippen molar-refractivity contribution in [2.24, 2.45) is 0 Å². The standard InChI is InChI=1S/C8H17NO2/c1-8(2,3)9-6-4-5-7(10)11/h9H,4-6H2,1-3H3,(H,10,11)/i4D2. The zero-order valence-corrected chi connectivity index (χ0v) is 7.27. The molecule has 0 rings (SSSR count). The molecule has 0 radical (unpaired) electrons. The van der Waals surface area contributed by atoms with E-state index in [9.17, 15) is 4.79 Å². The molecule has 0 aliphatic heterocycles. The second-order valence-corrected chi connectivity index (χ2v) is 3.42. The van der Waals surface area contributed by atoms with Crippen molar-refractivity contribution in [3.05, 3.63) is 0 Å². The Morgan fingerprint density at radius 3 is 2.55 bits per heavy atom. The molecular formula is C8H17NO2. The summed E-state index contributed by atoms with van der Waals surface area (Å²) in [6, 6.07) is 0. The fourth-order valence-corrected chi connectivity index (χ4v) is 0.497. The minimum atomic E-state index is -1.68. The van der Waals surface area contributed by atoms with E-state index >= 15 is 0 Å². The number of hydrogen-bond acceptors (Lipinski definition) is 2. The van der Waals surface area contributed by atoms with Crippen LogP contribution in [0, 0.1) is 0 Å². The van der Waals surface area contributed by atoms with E-state index in [2.05, 4.69) is 5.32 Å². The molecule has 0 aliphatic carbocycles. The van der Waals surface area contributed by atoms with Crippen LogP contribution >= 0.6 is 0 Å². The highest BCUT2D eigenvalue weighted by atomic mass is 16.4. The van der Waals surface area contributed by atoms with E-state index in [1.807, 2.05) is 20.8 Å². The molecule has 3 nitrogen and oxygen atoms in total. The first-order valence-electron chi connectivity index (χ1n) is 4.59. The summed E-state index contributed by atoms with van der Waals surface area (Å²) in [5.41, 5.74) is -0.189. The Hall–Kier alpha value is -0.570. The molecule has 0 spiro atoms. The number of aliphatic carboxylic acids is 1. The smallest absolute Gasteiger partial charge is 0.303 e. The van der Waals surface area contributed by atoms with Crippen LogP contribution in [-0.2, 0) is 4.79 Å². The molecule has 0 saturated carbocycles. The Morgan fingerprint density at radius 2 is 2.18 bits per heavy atom. The summed E-state index contributed by atoms with van der Waals surface area (Å²) >= 11 is 0. The van der Waals surface area contributed by atoms with Gasteiger partial charge in [-0.3, -0.25) is 4.79 Å². The summed E-state index contributed by atoms with van der Waals surface area (Å²) in [7, 11) is 0. The molecular weight excluding hydrogens is 142 g/mol. The Morgan fingerprint density at radius 1 is 1.64 bits per heavy atom. The van der Waals surface area contributed by atoms with Crippen LogP contribution in [0.1, 0.15) is 36.3 Å². The van der Waals surface area contributed by atoms with Gasteiger partial charge in [0, 0.05) is 14.7 Å². The van der Waals surface area contributed by atoms with Gasteiger partial charge in [0.2, 0.25) is 0 Å². The largest absolute Gasteiger partial charge is 0.481 e. The van der Waals surface area contributed by atoms with Gasteiger partial charge in [0.05, 0.1) is 0 Å². The first-order chi connectivity index (χ1) is 5.62. The van der Waals surface area contributed by atoms with Crippen LogP contribution in [-0.4, -0.2) is 23.2 Å². The molecule has 2 N–H and O–H groups in total. The maximum Gasteiger partial charge on any atom is 0.303 e. The zero-order valence-electron chi connectivity index (χ0n) is 9.27. The molecule has 0 unspecified atom stereocenters. The molecule has 0 saturated heterocycles. The monoisotopic (exact) mass is 161 g/mol. The van der Waals surface area contributed by atoms with Gasteiger partial charge >= 0.3 is 5.97 Å². The maximum atomic E-state index is 10.3. The lowest BCUT2D eigenvalue weighted by Crippen LogP contribution is -2.36. The molecule has 0 heterocycles. The summed E-state index contributed by atoms with van der Waals surface area (Å²) in [4.78, 5) is 10.3. The van der Waals surface area contributed by atoms with Crippen LogP contribution < -0.4 is 5.32 Å². The SMILES string of the molecule is [2H]C([2H])(CNC(C)(C)C)CC(=O)O. The molecule has 66 valence electrons. The van der Waals surface area contributed by atoms with Crippen LogP contribution in [0.15, 0.2) is 0 Å². The Balaban J connectivity index is 3.96. The molecule has 0 aromatic carbocycles. The number of carbonyl (C=O) groups is 1. The van der Waals surface area contributed by atoms with Gasteiger partial charge in [0.25, 0.3) is 0 Å². The lowest BCUT2D eigenvalue weighted by molar-refractivity contribution is -0.137. The molecule has 0 amide bonds. The first-order valence-corrected chi connectivity index (χ1v) is 3.59. The summed E-state index contributed by atoms with van der Waals surface area (Å²) in [6.45, 7) is 5.78. The van der Waals surface area contributed by atoms with Crippen molar-refractivity contribution in [3.8, 4) is 0 Å². The van der Waals surface area contributed by atoms with Crippen molar-refractivity contribution in [1.82, 2.24) is 5.32 Å². The van der Waals surface area contributed by atoms with E-state index in [1.165, 1.54) is 0 Å². The van der Waals surface area contributed by atoms with Crippen molar-refractivity contribution < 1.29 is 12.6 Å². The number of hydrogen-bond donors (Lipinski definition) is 2. The average Bonchev–Trinajstić information content (AvgIpc) is 1.79. The van der Waals surface area contributed by atoms with E-state index in [1.54, 1.807) is 0 Å². The van der Waals surface area contributed by atoms with E-state index in [-0.39, 0.29) is 12.1 Å². The van der Waals surface area contributed by atoms with E-state index in [4.69, 9.17) is 7.85 Å². The van der Waals surface area contributed by atoms with E-state index in [0.29, 0.717) is 0 Å². The molecule has 0 bridgehead atoms. The average molecular weight is 161 g/mol. The third kappa shape index (κ3) is 9.43. The summed E-state index contributed by atoms with van der Waals surface area (Å²) in [5, 5.41) is 11.3. The van der Waals surface area contributed by atoms with Crippen molar-refractivity contribution in [2.75, 3.05) is 6.54 Å². The van der Waals surface area contributed by atoms with Crippen LogP contribution in [0.4, 0.5) is 0 Å². The maximum absolute atomic E-state index is 10.3. The topological polar surface area (TPSA) is 49.3 Å². The van der Waals surface area contributed by atoms with Gasteiger partial charge in [0.1, 0.15) is 0 Å². The summed E-state index contributed by atoms with van der Waals surface area (Å²) in [6.07, 6.45) is -2.14. The quantitative estimate of drug-likeness (QED) is 0.652. The Bertz CT molecular complexity index is 187. The summed E-state index contributed by atoms with van der Waals surface area (Å²) in [5.74, 6) is -1.11. The van der Waals surface area contributed by atoms with Gasteiger partial charge in [0.15, 0.2) is 0 Å². The molecule has 0 fully saturated rings. The van der Waals surface area contributed by atoms with Gasteiger partial charge in [-0.15, -0.1) is 0 Å². The van der Waals surface area contributed by atoms with Gasteiger partial charge < -0.3 is 10.4 Å². The predicted octanol–water partition coefficient (Wildman–Crippen LogP) is 1.24. The number of rotatable bonds is 4. The zero-order chi connectivity index (χ0) is 10.7. The van der Waals surface area contributed by atoms with E-state index in [0.717, 1.165) is 0 Å². The van der Waals surface area contributed by atoms with Crippen LogP contribution in [0.2, 0.25) is 0 Å². The second-order valence-electron chi connectivity index (χ2n) is 3.42. The molecule has 11 heavy (non-hydrogen) atoms. The lowest BCUT2D eigenvalue weighted by atomic mass is 10.1. The second kappa shape index (κ2) is 4.34. The van der Waals surface area contributed by atoms with Crippen LogP contribution in [0.25, 0.3) is 0 Å². The number of nitrogens with one attached hydrogen (secondary N) is 1. The highest BCUT2D eigenvalue weighted by molar-refractivity contribution is 5.66. The molecule has 0 aromatic rings. The van der Waals surface area contributed by atoms with Gasteiger partial charge in [-0.25, -0.2) is 0 Å². The normalized spacial score (nSPS) is 15.5. The van der Waals surface area contributed by atoms with Crippen molar-refractivity contribution in [2.45, 2.75) is 39.1 Å². The van der Waals surface area contributed by atoms with Crippen molar-refractivity contribution in [3.63, 3.8) is 0 Å². The predicted molar refractivity (Wildman–Crippen MR) is 44.6 cm³/mol. The highest BCUT2D eigenvalue weighted by Gasteiger charge is 2.07.